The summed E-state index contributed by atoms with van der Waals surface area (Å²) in [4.78, 5) is 15.5. The van der Waals surface area contributed by atoms with Crippen LogP contribution in [0.3, 0.4) is 0 Å². The van der Waals surface area contributed by atoms with Crippen molar-refractivity contribution < 1.29 is 9.53 Å². The Morgan fingerprint density at radius 1 is 1.27 bits per heavy atom. The van der Waals surface area contributed by atoms with Gasteiger partial charge in [0.25, 0.3) is 0 Å². The van der Waals surface area contributed by atoms with Gasteiger partial charge in [0.2, 0.25) is 5.91 Å². The van der Waals surface area contributed by atoms with Crippen molar-refractivity contribution in [2.24, 2.45) is 11.8 Å². The largest absolute Gasteiger partial charge is 0.497 e. The summed E-state index contributed by atoms with van der Waals surface area (Å²) in [5.41, 5.74) is 0. The molecule has 6 heteroatoms. The second-order valence-electron chi connectivity index (χ2n) is 5.75. The first-order valence-electron chi connectivity index (χ1n) is 7.51. The molecule has 2 fully saturated rings. The van der Waals surface area contributed by atoms with Crippen LogP contribution in [0.2, 0.25) is 0 Å². The summed E-state index contributed by atoms with van der Waals surface area (Å²) in [7, 11) is 1.67. The molecule has 2 heterocycles. The number of hydrogen-bond acceptors (Lipinski definition) is 4. The number of hydrogen-bond donors (Lipinski definition) is 1. The second-order valence-corrected chi connectivity index (χ2v) is 6.92. The Morgan fingerprint density at radius 2 is 1.91 bits per heavy atom. The molecular formula is C16H23ClN2O2S. The number of methoxy groups -OCH3 is 1. The summed E-state index contributed by atoms with van der Waals surface area (Å²) >= 11 is 1.73. The van der Waals surface area contributed by atoms with Crippen molar-refractivity contribution in [3.05, 3.63) is 24.3 Å². The van der Waals surface area contributed by atoms with Gasteiger partial charge in [-0.1, -0.05) is 0 Å². The molecule has 0 saturated carbocycles. The van der Waals surface area contributed by atoms with Crippen molar-refractivity contribution >= 4 is 30.1 Å². The number of halogens is 1. The molecule has 2 aliphatic heterocycles. The summed E-state index contributed by atoms with van der Waals surface area (Å²) in [5.74, 6) is 3.39. The van der Waals surface area contributed by atoms with Crippen LogP contribution < -0.4 is 10.1 Å². The first kappa shape index (κ1) is 17.4. The highest BCUT2D eigenvalue weighted by molar-refractivity contribution is 7.99. The highest BCUT2D eigenvalue weighted by atomic mass is 35.5. The normalized spacial score (nSPS) is 23.0. The van der Waals surface area contributed by atoms with Crippen molar-refractivity contribution in [3.63, 3.8) is 0 Å². The molecule has 0 spiro atoms. The highest BCUT2D eigenvalue weighted by Gasteiger charge is 2.37. The quantitative estimate of drug-likeness (QED) is 0.834. The third kappa shape index (κ3) is 4.09. The molecule has 4 nitrogen and oxygen atoms in total. The fourth-order valence-electron chi connectivity index (χ4n) is 3.15. The topological polar surface area (TPSA) is 41.6 Å². The number of benzene rings is 1. The standard InChI is InChI=1S/C16H22N2O2S.ClH/c1-20-14-2-4-15(5-3-14)21-7-6-16(19)18-10-12-8-17-9-13(12)11-18;/h2-5,12-13,17H,6-11H2,1H3;1H/t12-,13+;. The lowest BCUT2D eigenvalue weighted by atomic mass is 10.0. The lowest BCUT2D eigenvalue weighted by molar-refractivity contribution is -0.129. The minimum absolute atomic E-state index is 0. The number of amides is 1. The fraction of sp³-hybridized carbons (Fsp3) is 0.562. The average molecular weight is 343 g/mol. The van der Waals surface area contributed by atoms with E-state index >= 15 is 0 Å². The highest BCUT2D eigenvalue weighted by Crippen LogP contribution is 2.27. The van der Waals surface area contributed by atoms with Crippen molar-refractivity contribution in [2.45, 2.75) is 11.3 Å². The number of fused-ring (bicyclic) bond motifs is 1. The summed E-state index contributed by atoms with van der Waals surface area (Å²) < 4.78 is 5.14. The predicted octanol–water partition coefficient (Wildman–Crippen LogP) is 2.28. The van der Waals surface area contributed by atoms with Crippen LogP contribution in [-0.2, 0) is 4.79 Å². The van der Waals surface area contributed by atoms with Crippen molar-refractivity contribution in [2.75, 3.05) is 39.0 Å². The van der Waals surface area contributed by atoms with E-state index in [1.165, 1.54) is 4.90 Å². The van der Waals surface area contributed by atoms with E-state index in [0.717, 1.165) is 37.7 Å². The number of likely N-dealkylation sites (tertiary alicyclic amines) is 1. The monoisotopic (exact) mass is 342 g/mol. The van der Waals surface area contributed by atoms with Gasteiger partial charge in [-0.15, -0.1) is 24.2 Å². The molecule has 0 aromatic heterocycles. The smallest absolute Gasteiger partial charge is 0.223 e. The first-order chi connectivity index (χ1) is 10.3. The zero-order chi connectivity index (χ0) is 14.7. The molecule has 2 saturated heterocycles. The van der Waals surface area contributed by atoms with Gasteiger partial charge in [0.05, 0.1) is 7.11 Å². The molecule has 0 aliphatic carbocycles. The van der Waals surface area contributed by atoms with Crippen LogP contribution in [0.4, 0.5) is 0 Å². The fourth-order valence-corrected chi connectivity index (χ4v) is 3.99. The van der Waals surface area contributed by atoms with Gasteiger partial charge in [0, 0.05) is 43.2 Å². The van der Waals surface area contributed by atoms with E-state index in [2.05, 4.69) is 10.2 Å². The third-order valence-corrected chi connectivity index (χ3v) is 5.40. The Labute approximate surface area is 142 Å². The van der Waals surface area contributed by atoms with E-state index < -0.39 is 0 Å². The average Bonchev–Trinajstić information content (AvgIpc) is 3.09. The molecule has 0 unspecified atom stereocenters. The Hall–Kier alpha value is -0.910. The molecule has 2 aliphatic rings. The molecule has 22 heavy (non-hydrogen) atoms. The number of ether oxygens (including phenoxy) is 1. The van der Waals surface area contributed by atoms with Crippen molar-refractivity contribution in [1.82, 2.24) is 10.2 Å². The van der Waals surface area contributed by atoms with E-state index in [0.29, 0.717) is 24.2 Å². The maximum atomic E-state index is 12.2. The number of carbonyl (C=O) groups is 1. The second kappa shape index (κ2) is 8.09. The van der Waals surface area contributed by atoms with Gasteiger partial charge in [0.1, 0.15) is 5.75 Å². The van der Waals surface area contributed by atoms with Gasteiger partial charge in [-0.3, -0.25) is 4.79 Å². The Morgan fingerprint density at radius 3 is 2.50 bits per heavy atom. The maximum absolute atomic E-state index is 12.2. The van der Waals surface area contributed by atoms with Crippen LogP contribution in [0.25, 0.3) is 0 Å². The number of rotatable bonds is 5. The molecule has 3 rings (SSSR count). The molecule has 1 amide bonds. The van der Waals surface area contributed by atoms with E-state index in [1.807, 2.05) is 24.3 Å². The summed E-state index contributed by atoms with van der Waals surface area (Å²) in [6.45, 7) is 4.05. The Kier molecular flexibility index (Phi) is 6.41. The molecule has 122 valence electrons. The lowest BCUT2D eigenvalue weighted by Crippen LogP contribution is -2.32. The molecule has 1 aromatic rings. The number of nitrogens with one attached hydrogen (secondary N) is 1. The number of nitrogens with zero attached hydrogens (tertiary/aromatic N) is 1. The summed E-state index contributed by atoms with van der Waals surface area (Å²) in [5, 5.41) is 3.41. The van der Waals surface area contributed by atoms with Crippen LogP contribution in [-0.4, -0.2) is 49.8 Å². The first-order valence-corrected chi connectivity index (χ1v) is 8.50. The number of carbonyl (C=O) groups excluding carboxylic acids is 1. The van der Waals surface area contributed by atoms with E-state index in [1.54, 1.807) is 18.9 Å². The van der Waals surface area contributed by atoms with Crippen molar-refractivity contribution in [3.8, 4) is 5.75 Å². The van der Waals surface area contributed by atoms with E-state index in [9.17, 15) is 4.79 Å². The zero-order valence-corrected chi connectivity index (χ0v) is 14.4. The minimum atomic E-state index is 0. The van der Waals surface area contributed by atoms with Gasteiger partial charge in [-0.25, -0.2) is 0 Å². The van der Waals surface area contributed by atoms with Crippen LogP contribution >= 0.6 is 24.2 Å². The Bertz CT molecular complexity index is 485. The molecule has 1 aromatic carbocycles. The Balaban J connectivity index is 0.00000176. The molecule has 0 bridgehead atoms. The molecule has 2 atom stereocenters. The van der Waals surface area contributed by atoms with Crippen LogP contribution in [0.15, 0.2) is 29.2 Å². The lowest BCUT2D eigenvalue weighted by Gasteiger charge is -2.17. The SMILES string of the molecule is COc1ccc(SCCC(=O)N2C[C@H]3CNC[C@H]3C2)cc1.Cl. The molecule has 1 N–H and O–H groups in total. The van der Waals surface area contributed by atoms with Gasteiger partial charge in [0.15, 0.2) is 0 Å². The van der Waals surface area contributed by atoms with Gasteiger partial charge >= 0.3 is 0 Å². The van der Waals surface area contributed by atoms with Crippen molar-refractivity contribution in [1.29, 1.82) is 0 Å². The number of thioether (sulfide) groups is 1. The predicted molar refractivity (Wildman–Crippen MR) is 92.0 cm³/mol. The maximum Gasteiger partial charge on any atom is 0.223 e. The zero-order valence-electron chi connectivity index (χ0n) is 12.8. The molecular weight excluding hydrogens is 320 g/mol. The summed E-state index contributed by atoms with van der Waals surface area (Å²) in [6, 6.07) is 8.00. The van der Waals surface area contributed by atoms with Crippen LogP contribution in [0, 0.1) is 11.8 Å². The minimum Gasteiger partial charge on any atom is -0.497 e. The summed E-state index contributed by atoms with van der Waals surface area (Å²) in [6.07, 6.45) is 0.629. The third-order valence-electron chi connectivity index (χ3n) is 4.39. The van der Waals surface area contributed by atoms with Crippen LogP contribution in [0.5, 0.6) is 5.75 Å². The molecule has 0 radical (unpaired) electrons. The van der Waals surface area contributed by atoms with E-state index in [-0.39, 0.29) is 12.4 Å². The van der Waals surface area contributed by atoms with Gasteiger partial charge in [-0.05, 0) is 36.1 Å². The van der Waals surface area contributed by atoms with Gasteiger partial charge < -0.3 is 15.0 Å². The van der Waals surface area contributed by atoms with Crippen LogP contribution in [0.1, 0.15) is 6.42 Å². The van der Waals surface area contributed by atoms with E-state index in [4.69, 9.17) is 4.74 Å². The van der Waals surface area contributed by atoms with Gasteiger partial charge in [-0.2, -0.15) is 0 Å².